The Morgan fingerprint density at radius 2 is 1.86 bits per heavy atom. The molecule has 2 aliphatic heterocycles. The number of rotatable bonds is 8. The first kappa shape index (κ1) is 30.7. The Hall–Kier alpha value is -4.25. The highest BCUT2D eigenvalue weighted by molar-refractivity contribution is 5.93. The summed E-state index contributed by atoms with van der Waals surface area (Å²) >= 11 is 0. The number of carboxylic acid groups (broad SMARTS) is 1. The van der Waals surface area contributed by atoms with Gasteiger partial charge in [0.1, 0.15) is 11.5 Å². The minimum atomic E-state index is -0.943. The molecule has 220 valence electrons. The van der Waals surface area contributed by atoms with E-state index in [0.29, 0.717) is 17.7 Å². The van der Waals surface area contributed by atoms with E-state index in [9.17, 15) is 9.90 Å². The number of ether oxygens (including phenoxy) is 1. The second-order valence-corrected chi connectivity index (χ2v) is 11.9. The molecule has 0 spiro atoms. The van der Waals surface area contributed by atoms with Crippen molar-refractivity contribution in [1.29, 1.82) is 0 Å². The van der Waals surface area contributed by atoms with Crippen LogP contribution in [0.1, 0.15) is 83.2 Å². The van der Waals surface area contributed by atoms with Crippen molar-refractivity contribution in [2.75, 3.05) is 13.6 Å². The van der Waals surface area contributed by atoms with Gasteiger partial charge >= 0.3 is 5.97 Å². The number of aliphatic carboxylic acids is 1. The van der Waals surface area contributed by atoms with Gasteiger partial charge in [0.2, 0.25) is 0 Å². The second kappa shape index (κ2) is 12.3. The van der Waals surface area contributed by atoms with Crippen molar-refractivity contribution in [3.63, 3.8) is 0 Å². The van der Waals surface area contributed by atoms with Crippen molar-refractivity contribution < 1.29 is 14.6 Å². The Labute approximate surface area is 250 Å². The number of aryl methyl sites for hydroxylation is 1. The molecule has 5 heteroatoms. The van der Waals surface area contributed by atoms with Gasteiger partial charge in [-0.2, -0.15) is 0 Å². The van der Waals surface area contributed by atoms with Crippen molar-refractivity contribution in [2.24, 2.45) is 0 Å². The van der Waals surface area contributed by atoms with Crippen LogP contribution in [0.15, 0.2) is 77.1 Å². The van der Waals surface area contributed by atoms with E-state index < -0.39 is 5.97 Å². The van der Waals surface area contributed by atoms with E-state index in [1.807, 2.05) is 46.8 Å². The maximum Gasteiger partial charge on any atom is 0.337 e. The van der Waals surface area contributed by atoms with Crippen molar-refractivity contribution in [3.05, 3.63) is 110 Å². The summed E-state index contributed by atoms with van der Waals surface area (Å²) in [6.07, 6.45) is 6.64. The van der Waals surface area contributed by atoms with Gasteiger partial charge in [0.25, 0.3) is 0 Å². The van der Waals surface area contributed by atoms with Crippen LogP contribution in [0.3, 0.4) is 0 Å². The Balaban J connectivity index is 1.82. The van der Waals surface area contributed by atoms with Crippen LogP contribution in [0.5, 0.6) is 5.75 Å². The molecular weight excluding hydrogens is 520 g/mol. The fraction of sp³-hybridized carbons (Fsp3) is 0.324. The zero-order chi connectivity index (χ0) is 30.9. The number of hydrogen-bond donors (Lipinski definition) is 2. The van der Waals surface area contributed by atoms with E-state index in [4.69, 9.17) is 4.74 Å². The van der Waals surface area contributed by atoms with Gasteiger partial charge < -0.3 is 20.1 Å². The Morgan fingerprint density at radius 3 is 2.50 bits per heavy atom. The van der Waals surface area contributed by atoms with Crippen molar-refractivity contribution in [2.45, 2.75) is 67.9 Å². The first-order chi connectivity index (χ1) is 19.8. The van der Waals surface area contributed by atoms with Crippen molar-refractivity contribution >= 4 is 29.1 Å². The molecular formula is C37H44N2O3. The van der Waals surface area contributed by atoms with E-state index >= 15 is 0 Å². The summed E-state index contributed by atoms with van der Waals surface area (Å²) in [4.78, 5) is 14.6. The van der Waals surface area contributed by atoms with Crippen LogP contribution < -0.4 is 20.5 Å². The summed E-state index contributed by atoms with van der Waals surface area (Å²) in [5.41, 5.74) is 10.0. The van der Waals surface area contributed by atoms with Crippen LogP contribution in [0, 0.1) is 6.92 Å². The van der Waals surface area contributed by atoms with Gasteiger partial charge in [-0.05, 0) is 106 Å². The number of hydrogen-bond acceptors (Lipinski definition) is 4. The number of carbonyl (C=O) groups is 1. The van der Waals surface area contributed by atoms with E-state index in [-0.39, 0.29) is 6.04 Å². The van der Waals surface area contributed by atoms with E-state index in [1.165, 1.54) is 16.0 Å². The predicted octanol–water partition coefficient (Wildman–Crippen LogP) is 7.00. The lowest BCUT2D eigenvalue weighted by Gasteiger charge is -2.29. The van der Waals surface area contributed by atoms with Crippen LogP contribution in [0.25, 0.3) is 23.1 Å². The van der Waals surface area contributed by atoms with Gasteiger partial charge in [0, 0.05) is 42.2 Å². The fourth-order valence-corrected chi connectivity index (χ4v) is 5.66. The molecule has 0 aromatic heterocycles. The molecule has 2 aromatic carbocycles. The SMILES string of the molecule is C=C1C(C)=C(c2ccc3c(c2)=CN(C)CC=3C)Oc2c1cc(C)cc2C(C)NC(=C/C=C(C)C)/C(C(=O)O)=C(/C)CC. The molecule has 2 aliphatic rings. The largest absolute Gasteiger partial charge is 0.478 e. The van der Waals surface area contributed by atoms with Gasteiger partial charge in [-0.1, -0.05) is 48.9 Å². The number of allylic oxidation sites excluding steroid dienone is 6. The van der Waals surface area contributed by atoms with Gasteiger partial charge in [-0.15, -0.1) is 0 Å². The van der Waals surface area contributed by atoms with Gasteiger partial charge in [0.05, 0.1) is 11.6 Å². The highest BCUT2D eigenvalue weighted by Gasteiger charge is 2.28. The van der Waals surface area contributed by atoms with Crippen LogP contribution in [-0.4, -0.2) is 29.6 Å². The van der Waals surface area contributed by atoms with E-state index in [0.717, 1.165) is 62.6 Å². The minimum absolute atomic E-state index is 0.246. The average Bonchev–Trinajstić information content (AvgIpc) is 2.92. The molecule has 1 atom stereocenters. The maximum absolute atomic E-state index is 12.4. The topological polar surface area (TPSA) is 61.8 Å². The molecule has 2 heterocycles. The summed E-state index contributed by atoms with van der Waals surface area (Å²) in [5.74, 6) is 0.601. The molecule has 0 amide bonds. The molecule has 0 saturated carbocycles. The third-order valence-corrected chi connectivity index (χ3v) is 8.07. The molecule has 0 bridgehead atoms. The van der Waals surface area contributed by atoms with Crippen LogP contribution in [0.4, 0.5) is 0 Å². The molecule has 2 aromatic rings. The molecule has 5 nitrogen and oxygen atoms in total. The summed E-state index contributed by atoms with van der Waals surface area (Å²) in [7, 11) is 2.09. The van der Waals surface area contributed by atoms with Crippen molar-refractivity contribution in [1.82, 2.24) is 10.2 Å². The molecule has 0 aliphatic carbocycles. The number of benzene rings is 2. The van der Waals surface area contributed by atoms with Gasteiger partial charge in [0.15, 0.2) is 0 Å². The van der Waals surface area contributed by atoms with Crippen molar-refractivity contribution in [3.8, 4) is 5.75 Å². The van der Waals surface area contributed by atoms with Crippen LogP contribution in [-0.2, 0) is 4.79 Å². The lowest BCUT2D eigenvalue weighted by molar-refractivity contribution is -0.132. The van der Waals surface area contributed by atoms with E-state index in [1.54, 1.807) is 0 Å². The second-order valence-electron chi connectivity index (χ2n) is 11.9. The molecule has 0 saturated heterocycles. The Kier molecular flexibility index (Phi) is 9.00. The number of nitrogens with zero attached hydrogens (tertiary/aromatic N) is 1. The third kappa shape index (κ3) is 6.15. The summed E-state index contributed by atoms with van der Waals surface area (Å²) in [6, 6.07) is 10.5. The normalized spacial score (nSPS) is 16.1. The summed E-state index contributed by atoms with van der Waals surface area (Å²) in [5, 5.41) is 16.1. The average molecular weight is 565 g/mol. The number of fused-ring (bicyclic) bond motifs is 2. The Morgan fingerprint density at radius 1 is 1.14 bits per heavy atom. The zero-order valence-corrected chi connectivity index (χ0v) is 26.5. The van der Waals surface area contributed by atoms with Crippen LogP contribution >= 0.6 is 0 Å². The first-order valence-electron chi connectivity index (χ1n) is 14.6. The quantitative estimate of drug-likeness (QED) is 0.267. The highest BCUT2D eigenvalue weighted by atomic mass is 16.5. The molecule has 4 rings (SSSR count). The molecule has 42 heavy (non-hydrogen) atoms. The molecule has 1 unspecified atom stereocenters. The lowest BCUT2D eigenvalue weighted by Crippen LogP contribution is -2.36. The summed E-state index contributed by atoms with van der Waals surface area (Å²) < 4.78 is 6.79. The maximum atomic E-state index is 12.4. The summed E-state index contributed by atoms with van der Waals surface area (Å²) in [6.45, 7) is 21.6. The first-order valence-corrected chi connectivity index (χ1v) is 14.6. The van der Waals surface area contributed by atoms with E-state index in [2.05, 4.69) is 81.1 Å². The minimum Gasteiger partial charge on any atom is -0.478 e. The smallest absolute Gasteiger partial charge is 0.337 e. The molecule has 2 N–H and O–H groups in total. The number of nitrogens with one attached hydrogen (secondary N) is 1. The van der Waals surface area contributed by atoms with Gasteiger partial charge in [-0.25, -0.2) is 4.79 Å². The molecule has 0 radical (unpaired) electrons. The molecule has 0 fully saturated rings. The third-order valence-electron chi connectivity index (χ3n) is 8.07. The lowest BCUT2D eigenvalue weighted by atomic mass is 9.89. The predicted molar refractivity (Wildman–Crippen MR) is 175 cm³/mol. The number of carboxylic acids is 1. The monoisotopic (exact) mass is 564 g/mol. The standard InChI is InChI=1S/C37H44N2O3/c1-11-23(5)34(37(40)41)33(15-12-21(2)3)38-27(9)32-17-22(4)16-31-25(7)26(8)35(42-36(31)32)28-13-14-30-24(6)19-39(10)20-29(30)18-28/h12-18,20,27,38H,7,11,19H2,1-6,8-10H3,(H,40,41)/b33-15+,34-23+. The fourth-order valence-electron chi connectivity index (χ4n) is 5.66. The van der Waals surface area contributed by atoms with Gasteiger partial charge in [-0.3, -0.25) is 0 Å². The zero-order valence-electron chi connectivity index (χ0n) is 26.5. The van der Waals surface area contributed by atoms with Crippen LogP contribution in [0.2, 0.25) is 0 Å². The highest BCUT2D eigenvalue weighted by Crippen LogP contribution is 2.45. The Bertz CT molecular complexity index is 1710.